The fourth-order valence-electron chi connectivity index (χ4n) is 7.06. The van der Waals surface area contributed by atoms with Crippen molar-refractivity contribution in [1.29, 1.82) is 0 Å². The average Bonchev–Trinajstić information content (AvgIpc) is 3.91. The van der Waals surface area contributed by atoms with Gasteiger partial charge in [-0.3, -0.25) is 23.6 Å². The van der Waals surface area contributed by atoms with Crippen LogP contribution in [0, 0.1) is 11.3 Å². The van der Waals surface area contributed by atoms with E-state index >= 15 is 0 Å². The maximum atomic E-state index is 13.5. The van der Waals surface area contributed by atoms with Crippen LogP contribution in [-0.2, 0) is 16.1 Å². The summed E-state index contributed by atoms with van der Waals surface area (Å²) in [6.45, 7) is 3.47. The quantitative estimate of drug-likeness (QED) is 0.434. The number of halogens is 1. The third-order valence-corrected chi connectivity index (χ3v) is 10.2. The van der Waals surface area contributed by atoms with Gasteiger partial charge in [-0.2, -0.15) is 0 Å². The zero-order valence-electron chi connectivity index (χ0n) is 24.1. The van der Waals surface area contributed by atoms with Crippen LogP contribution in [0.3, 0.4) is 0 Å². The molecule has 2 aliphatic carbocycles. The van der Waals surface area contributed by atoms with Crippen molar-refractivity contribution >= 4 is 34.6 Å². The SMILES string of the molecule is C[C@H]1CN(C(=O)O)[C@H](c2ccc(-n3c(Cl)cc4c(=O)n(CC5(O)CCN(C(=O)C6(C7CC7)CC6)CC5)cnc43)cc2)CO1. The van der Waals surface area contributed by atoms with Gasteiger partial charge in [0.2, 0.25) is 5.91 Å². The predicted molar refractivity (Wildman–Crippen MR) is 158 cm³/mol. The smallest absolute Gasteiger partial charge is 0.407 e. The number of piperidine rings is 1. The normalized spacial score (nSPS) is 24.7. The van der Waals surface area contributed by atoms with Crippen molar-refractivity contribution in [3.63, 3.8) is 0 Å². The fourth-order valence-corrected chi connectivity index (χ4v) is 7.35. The number of aromatic nitrogens is 3. The van der Waals surface area contributed by atoms with Gasteiger partial charge in [0.05, 0.1) is 48.2 Å². The van der Waals surface area contributed by atoms with Crippen LogP contribution in [-0.4, -0.2) is 84.1 Å². The van der Waals surface area contributed by atoms with Gasteiger partial charge in [0, 0.05) is 18.8 Å². The van der Waals surface area contributed by atoms with Gasteiger partial charge in [0.25, 0.3) is 5.56 Å². The van der Waals surface area contributed by atoms with Gasteiger partial charge < -0.3 is 19.8 Å². The van der Waals surface area contributed by atoms with E-state index in [9.17, 15) is 24.6 Å². The Morgan fingerprint density at radius 3 is 2.44 bits per heavy atom. The number of rotatable bonds is 6. The third-order valence-electron chi connectivity index (χ3n) is 9.91. The summed E-state index contributed by atoms with van der Waals surface area (Å²) in [5.41, 5.74) is 0.320. The number of amides is 2. The van der Waals surface area contributed by atoms with E-state index in [2.05, 4.69) is 4.98 Å². The van der Waals surface area contributed by atoms with Crippen LogP contribution in [0.15, 0.2) is 41.5 Å². The van der Waals surface area contributed by atoms with E-state index in [-0.39, 0.29) is 36.1 Å². The molecule has 43 heavy (non-hydrogen) atoms. The highest BCUT2D eigenvalue weighted by atomic mass is 35.5. The van der Waals surface area contributed by atoms with Gasteiger partial charge in [0.15, 0.2) is 5.65 Å². The molecule has 2 aromatic heterocycles. The summed E-state index contributed by atoms with van der Waals surface area (Å²) < 4.78 is 8.82. The molecule has 4 fully saturated rings. The minimum absolute atomic E-state index is 0.0875. The standard InChI is InChI=1S/C31H36ClN5O6/c1-19-15-36(29(40)41)24(16-43-19)20-2-6-22(7-3-20)37-25(32)14-23-26(37)33-18-35(27(23)38)17-30(42)10-12-34(13-11-30)28(39)31(8-9-31)21-4-5-21/h2-3,6-7,14,18-19,21,24,42H,4-5,8-13,15-17H2,1H3,(H,40,41)/t19-,24-/m0/s1. The minimum Gasteiger partial charge on any atom is -0.465 e. The molecular formula is C31H36ClN5O6. The van der Waals surface area contributed by atoms with Crippen molar-refractivity contribution in [2.24, 2.45) is 11.3 Å². The van der Waals surface area contributed by atoms with Gasteiger partial charge in [-0.15, -0.1) is 0 Å². The Balaban J connectivity index is 1.08. The Hall–Kier alpha value is -3.41. The fraction of sp³-hybridized carbons (Fsp3) is 0.548. The number of carboxylic acid groups (broad SMARTS) is 1. The van der Waals surface area contributed by atoms with Gasteiger partial charge >= 0.3 is 6.09 Å². The second-order valence-corrected chi connectivity index (χ2v) is 13.2. The summed E-state index contributed by atoms with van der Waals surface area (Å²) >= 11 is 6.61. The number of carbonyl (C=O) groups is 2. The van der Waals surface area contributed by atoms with Gasteiger partial charge in [-0.1, -0.05) is 23.7 Å². The molecule has 2 amide bonds. The largest absolute Gasteiger partial charge is 0.465 e. The lowest BCUT2D eigenvalue weighted by molar-refractivity contribution is -0.142. The Morgan fingerprint density at radius 2 is 1.81 bits per heavy atom. The molecule has 2 aliphatic heterocycles. The van der Waals surface area contributed by atoms with Crippen LogP contribution in [0.2, 0.25) is 5.15 Å². The summed E-state index contributed by atoms with van der Waals surface area (Å²) in [4.78, 5) is 46.4. The zero-order valence-corrected chi connectivity index (χ0v) is 24.9. The van der Waals surface area contributed by atoms with Crippen molar-refractivity contribution < 1.29 is 24.5 Å². The van der Waals surface area contributed by atoms with E-state index in [0.29, 0.717) is 60.3 Å². The third kappa shape index (κ3) is 5.01. The lowest BCUT2D eigenvalue weighted by Gasteiger charge is -2.39. The van der Waals surface area contributed by atoms with E-state index in [4.69, 9.17) is 16.3 Å². The molecule has 1 aromatic carbocycles. The number of hydrogen-bond donors (Lipinski definition) is 2. The maximum Gasteiger partial charge on any atom is 0.407 e. The van der Waals surface area contributed by atoms with Crippen molar-refractivity contribution in [3.05, 3.63) is 57.7 Å². The summed E-state index contributed by atoms with van der Waals surface area (Å²) in [7, 11) is 0. The summed E-state index contributed by atoms with van der Waals surface area (Å²) in [6.07, 6.45) is 5.37. The van der Waals surface area contributed by atoms with Crippen LogP contribution in [0.4, 0.5) is 4.79 Å². The molecule has 2 saturated carbocycles. The minimum atomic E-state index is -1.11. The molecule has 2 N–H and O–H groups in total. The van der Waals surface area contributed by atoms with Crippen LogP contribution in [0.1, 0.15) is 57.1 Å². The summed E-state index contributed by atoms with van der Waals surface area (Å²) in [5, 5.41) is 21.7. The Labute approximate surface area is 253 Å². The molecule has 4 heterocycles. The highest BCUT2D eigenvalue weighted by Crippen LogP contribution is 2.62. The molecule has 0 spiro atoms. The zero-order chi connectivity index (χ0) is 30.1. The average molecular weight is 610 g/mol. The molecule has 11 nitrogen and oxygen atoms in total. The number of carbonyl (C=O) groups excluding carboxylic acids is 1. The number of benzene rings is 1. The molecule has 0 bridgehead atoms. The molecule has 2 saturated heterocycles. The predicted octanol–water partition coefficient (Wildman–Crippen LogP) is 3.82. The number of likely N-dealkylation sites (tertiary alicyclic amines) is 1. The van der Waals surface area contributed by atoms with Crippen molar-refractivity contribution in [2.75, 3.05) is 26.2 Å². The molecule has 2 atom stereocenters. The highest BCUT2D eigenvalue weighted by molar-refractivity contribution is 6.31. The first-order chi connectivity index (χ1) is 20.6. The molecule has 0 radical (unpaired) electrons. The van der Waals surface area contributed by atoms with Gasteiger partial charge in [-0.25, -0.2) is 9.78 Å². The molecule has 7 rings (SSSR count). The van der Waals surface area contributed by atoms with Crippen LogP contribution < -0.4 is 5.56 Å². The lowest BCUT2D eigenvalue weighted by atomic mass is 9.89. The summed E-state index contributed by atoms with van der Waals surface area (Å²) in [5.74, 6) is 0.800. The molecule has 228 valence electrons. The molecule has 12 heteroatoms. The number of aliphatic hydroxyl groups is 1. The first-order valence-corrected chi connectivity index (χ1v) is 15.5. The summed E-state index contributed by atoms with van der Waals surface area (Å²) in [6, 6.07) is 8.46. The molecular weight excluding hydrogens is 574 g/mol. The Bertz CT molecular complexity index is 1630. The molecule has 3 aromatic rings. The van der Waals surface area contributed by atoms with Crippen molar-refractivity contribution in [1.82, 2.24) is 23.9 Å². The van der Waals surface area contributed by atoms with Gasteiger partial charge in [-0.05, 0) is 75.1 Å². The monoisotopic (exact) mass is 609 g/mol. The van der Waals surface area contributed by atoms with Crippen molar-refractivity contribution in [2.45, 2.75) is 69.7 Å². The lowest BCUT2D eigenvalue weighted by Crippen LogP contribution is -2.51. The topological polar surface area (TPSA) is 130 Å². The Kier molecular flexibility index (Phi) is 6.83. The number of hydrogen-bond acceptors (Lipinski definition) is 6. The second kappa shape index (κ2) is 10.3. The van der Waals surface area contributed by atoms with E-state index in [1.54, 1.807) is 10.6 Å². The van der Waals surface area contributed by atoms with Gasteiger partial charge in [0.1, 0.15) is 11.5 Å². The first kappa shape index (κ1) is 28.4. The van der Waals surface area contributed by atoms with E-state index in [1.165, 1.54) is 15.8 Å². The van der Waals surface area contributed by atoms with Crippen LogP contribution in [0.25, 0.3) is 16.7 Å². The first-order valence-electron chi connectivity index (χ1n) is 15.1. The van der Waals surface area contributed by atoms with Crippen LogP contribution in [0.5, 0.6) is 0 Å². The maximum absolute atomic E-state index is 13.5. The molecule has 4 aliphatic rings. The van der Waals surface area contributed by atoms with Crippen LogP contribution >= 0.6 is 11.6 Å². The number of morpholine rings is 1. The van der Waals surface area contributed by atoms with E-state index < -0.39 is 17.7 Å². The Morgan fingerprint density at radius 1 is 1.12 bits per heavy atom. The second-order valence-electron chi connectivity index (χ2n) is 12.9. The number of nitrogens with zero attached hydrogens (tertiary/aromatic N) is 5. The van der Waals surface area contributed by atoms with E-state index in [1.807, 2.05) is 36.1 Å². The number of ether oxygens (including phenoxy) is 1. The van der Waals surface area contributed by atoms with Crippen molar-refractivity contribution in [3.8, 4) is 5.69 Å². The van der Waals surface area contributed by atoms with E-state index in [0.717, 1.165) is 31.2 Å². The molecule has 0 unspecified atom stereocenters. The number of fused-ring (bicyclic) bond motifs is 1. The highest BCUT2D eigenvalue weighted by Gasteiger charge is 2.60.